The summed E-state index contributed by atoms with van der Waals surface area (Å²) in [5.74, 6) is 0. The van der Waals surface area contributed by atoms with Crippen LogP contribution in [0.25, 0.3) is 4.96 Å². The van der Waals surface area contributed by atoms with Gasteiger partial charge in [-0.2, -0.15) is 4.52 Å². The Morgan fingerprint density at radius 1 is 1.52 bits per heavy atom. The quantitative estimate of drug-likeness (QED) is 0.916. The maximum absolute atomic E-state index is 12.0. The van der Waals surface area contributed by atoms with E-state index < -0.39 is 0 Å². The highest BCUT2D eigenvalue weighted by atomic mass is 32.1. The van der Waals surface area contributed by atoms with Gasteiger partial charge < -0.3 is 10.1 Å². The molecule has 3 rings (SSSR count). The van der Waals surface area contributed by atoms with Gasteiger partial charge in [0, 0.05) is 24.9 Å². The predicted octanol–water partition coefficient (Wildman–Crippen LogP) is 2.08. The first-order chi connectivity index (χ1) is 10.2. The molecule has 1 aliphatic rings. The minimum atomic E-state index is -0.103. The van der Waals surface area contributed by atoms with Crippen LogP contribution in [0.15, 0.2) is 10.9 Å². The molecule has 21 heavy (non-hydrogen) atoms. The summed E-state index contributed by atoms with van der Waals surface area (Å²) in [5, 5.41) is 8.50. The van der Waals surface area contributed by atoms with E-state index in [9.17, 15) is 4.79 Å². The fourth-order valence-electron chi connectivity index (χ4n) is 2.76. The van der Waals surface area contributed by atoms with Crippen molar-refractivity contribution >= 4 is 21.4 Å². The third-order valence-electron chi connectivity index (χ3n) is 3.85. The number of hydrogen-bond acceptors (Lipinski definition) is 6. The van der Waals surface area contributed by atoms with Crippen molar-refractivity contribution in [2.45, 2.75) is 51.2 Å². The maximum atomic E-state index is 12.0. The summed E-state index contributed by atoms with van der Waals surface area (Å²) in [4.78, 5) is 17.2. The largest absolute Gasteiger partial charge is 0.381 e. The number of anilines is 1. The lowest BCUT2D eigenvalue weighted by Crippen LogP contribution is -2.18. The number of ether oxygens (including phenoxy) is 1. The van der Waals surface area contributed by atoms with Crippen LogP contribution in [-0.2, 0) is 11.2 Å². The highest BCUT2D eigenvalue weighted by Gasteiger charge is 2.25. The minimum Gasteiger partial charge on any atom is -0.381 e. The Hall–Kier alpha value is -1.47. The van der Waals surface area contributed by atoms with Crippen LogP contribution in [0.4, 0.5) is 5.13 Å². The fraction of sp³-hybridized carbons (Fsp3) is 0.643. The van der Waals surface area contributed by atoms with Crippen molar-refractivity contribution in [2.24, 2.45) is 0 Å². The second-order valence-electron chi connectivity index (χ2n) is 5.45. The molecule has 2 unspecified atom stereocenters. The molecule has 1 saturated carbocycles. The molecule has 0 aromatic carbocycles. The second-order valence-corrected chi connectivity index (χ2v) is 6.41. The summed E-state index contributed by atoms with van der Waals surface area (Å²) >= 11 is 1.44. The number of nitrogens with one attached hydrogen (secondary N) is 1. The lowest BCUT2D eigenvalue weighted by molar-refractivity contribution is 0.108. The van der Waals surface area contributed by atoms with Crippen molar-refractivity contribution in [3.05, 3.63) is 22.1 Å². The Balaban J connectivity index is 1.81. The molecule has 2 aromatic rings. The fourth-order valence-corrected chi connectivity index (χ4v) is 3.66. The van der Waals surface area contributed by atoms with Gasteiger partial charge in [-0.25, -0.2) is 4.98 Å². The van der Waals surface area contributed by atoms with Gasteiger partial charge in [-0.3, -0.25) is 4.79 Å². The first kappa shape index (κ1) is 14.5. The zero-order chi connectivity index (χ0) is 14.8. The van der Waals surface area contributed by atoms with E-state index in [-0.39, 0.29) is 5.56 Å². The molecule has 0 amide bonds. The number of nitrogens with zero attached hydrogens (tertiary/aromatic N) is 3. The van der Waals surface area contributed by atoms with Crippen LogP contribution < -0.4 is 10.9 Å². The zero-order valence-corrected chi connectivity index (χ0v) is 13.2. The lowest BCUT2D eigenvalue weighted by Gasteiger charge is -2.10. The molecular weight excluding hydrogens is 288 g/mol. The van der Waals surface area contributed by atoms with Crippen LogP contribution in [0.5, 0.6) is 0 Å². The van der Waals surface area contributed by atoms with Crippen LogP contribution in [-0.4, -0.2) is 33.9 Å². The lowest BCUT2D eigenvalue weighted by atomic mass is 10.2. The molecule has 2 aromatic heterocycles. The first-order valence-electron chi connectivity index (χ1n) is 7.38. The summed E-state index contributed by atoms with van der Waals surface area (Å²) in [6, 6.07) is 1.94. The van der Waals surface area contributed by atoms with Gasteiger partial charge in [0.15, 0.2) is 0 Å². The van der Waals surface area contributed by atoms with Gasteiger partial charge in [-0.15, -0.1) is 5.10 Å². The Kier molecular flexibility index (Phi) is 4.21. The number of aromatic nitrogens is 3. The van der Waals surface area contributed by atoms with Crippen molar-refractivity contribution in [3.8, 4) is 0 Å². The molecule has 1 aliphatic carbocycles. The van der Waals surface area contributed by atoms with Crippen molar-refractivity contribution < 1.29 is 4.74 Å². The summed E-state index contributed by atoms with van der Waals surface area (Å²) < 4.78 is 6.76. The number of fused-ring (bicyclic) bond motifs is 1. The topological polar surface area (TPSA) is 68.5 Å². The molecule has 0 radical (unpaired) electrons. The summed E-state index contributed by atoms with van der Waals surface area (Å²) in [5.41, 5.74) is 0.743. The number of rotatable bonds is 5. The van der Waals surface area contributed by atoms with E-state index in [0.717, 1.165) is 42.9 Å². The molecule has 114 valence electrons. The monoisotopic (exact) mass is 308 g/mol. The average molecular weight is 308 g/mol. The van der Waals surface area contributed by atoms with E-state index >= 15 is 0 Å². The van der Waals surface area contributed by atoms with Crippen LogP contribution in [0.2, 0.25) is 0 Å². The van der Waals surface area contributed by atoms with E-state index in [2.05, 4.69) is 22.3 Å². The van der Waals surface area contributed by atoms with Gasteiger partial charge in [0.25, 0.3) is 5.56 Å². The summed E-state index contributed by atoms with van der Waals surface area (Å²) in [6.07, 6.45) is 5.25. The number of hydrogen-bond donors (Lipinski definition) is 1. The van der Waals surface area contributed by atoms with Gasteiger partial charge in [0.1, 0.15) is 0 Å². The third-order valence-corrected chi connectivity index (χ3v) is 4.69. The van der Waals surface area contributed by atoms with Crippen LogP contribution in [0.1, 0.15) is 38.3 Å². The second kappa shape index (κ2) is 6.11. The maximum Gasteiger partial charge on any atom is 0.275 e. The van der Waals surface area contributed by atoms with Crippen LogP contribution in [0, 0.1) is 0 Å². The molecule has 0 spiro atoms. The van der Waals surface area contributed by atoms with E-state index in [1.165, 1.54) is 15.9 Å². The Morgan fingerprint density at radius 2 is 2.38 bits per heavy atom. The zero-order valence-electron chi connectivity index (χ0n) is 12.3. The van der Waals surface area contributed by atoms with Crippen LogP contribution in [0.3, 0.4) is 0 Å². The predicted molar refractivity (Wildman–Crippen MR) is 83.2 cm³/mol. The van der Waals surface area contributed by atoms with Gasteiger partial charge >= 0.3 is 0 Å². The summed E-state index contributed by atoms with van der Waals surface area (Å²) in [7, 11) is 1.75. The van der Waals surface area contributed by atoms with E-state index in [1.807, 2.05) is 0 Å². The highest BCUT2D eigenvalue weighted by molar-refractivity contribution is 7.20. The number of methoxy groups -OCH3 is 1. The molecule has 7 heteroatoms. The molecule has 0 bridgehead atoms. The van der Waals surface area contributed by atoms with E-state index in [1.54, 1.807) is 13.2 Å². The Morgan fingerprint density at radius 3 is 3.10 bits per heavy atom. The van der Waals surface area contributed by atoms with Gasteiger partial charge in [-0.05, 0) is 25.7 Å². The summed E-state index contributed by atoms with van der Waals surface area (Å²) in [6.45, 7) is 2.08. The van der Waals surface area contributed by atoms with Crippen molar-refractivity contribution in [2.75, 3.05) is 12.4 Å². The standard InChI is InChI=1S/C14H20N4O2S/c1-3-4-9-8-12(19)18-14(16-9)21-13(17-18)15-10-5-6-11(7-10)20-2/h8,10-11H,3-7H2,1-2H3,(H,15,17). The molecule has 2 heterocycles. The minimum absolute atomic E-state index is 0.103. The van der Waals surface area contributed by atoms with Crippen molar-refractivity contribution in [1.82, 2.24) is 14.6 Å². The smallest absolute Gasteiger partial charge is 0.275 e. The van der Waals surface area contributed by atoms with E-state index in [4.69, 9.17) is 4.74 Å². The van der Waals surface area contributed by atoms with Crippen molar-refractivity contribution in [3.63, 3.8) is 0 Å². The molecule has 0 saturated heterocycles. The normalized spacial score (nSPS) is 22.0. The van der Waals surface area contributed by atoms with Crippen molar-refractivity contribution in [1.29, 1.82) is 0 Å². The highest BCUT2D eigenvalue weighted by Crippen LogP contribution is 2.26. The third kappa shape index (κ3) is 3.08. The molecule has 0 aliphatic heterocycles. The Labute approximate surface area is 127 Å². The molecular formula is C14H20N4O2S. The first-order valence-corrected chi connectivity index (χ1v) is 8.20. The SMILES string of the molecule is CCCc1cc(=O)n2nc(NC3CCC(OC)C3)sc2n1. The van der Waals surface area contributed by atoms with Crippen LogP contribution >= 0.6 is 11.3 Å². The molecule has 6 nitrogen and oxygen atoms in total. The molecule has 1 fully saturated rings. The average Bonchev–Trinajstić information content (AvgIpc) is 3.06. The van der Waals surface area contributed by atoms with E-state index in [0.29, 0.717) is 17.1 Å². The van der Waals surface area contributed by atoms with Gasteiger partial charge in [-0.1, -0.05) is 24.7 Å². The van der Waals surface area contributed by atoms with Gasteiger partial charge in [0.05, 0.1) is 6.10 Å². The van der Waals surface area contributed by atoms with Gasteiger partial charge in [0.2, 0.25) is 10.1 Å². The molecule has 1 N–H and O–H groups in total. The Bertz CT molecular complexity index is 681. The molecule has 2 atom stereocenters. The number of aryl methyl sites for hydroxylation is 1.